The van der Waals surface area contributed by atoms with E-state index in [0.29, 0.717) is 42.1 Å². The number of aromatic nitrogens is 5. The monoisotopic (exact) mass is 554 g/mol. The van der Waals surface area contributed by atoms with Crippen molar-refractivity contribution >= 4 is 22.7 Å². The number of imidazole rings is 1. The SMILES string of the molecule is Cn1cc(C2CCCCN2)nc1-c1cc2cnc(Nc3ccc(C4CCNCC4)cc3)nc2n(C2CCOC2)c1=O. The highest BCUT2D eigenvalue weighted by atomic mass is 16.5. The number of hydrogen-bond acceptors (Lipinski definition) is 8. The van der Waals surface area contributed by atoms with Crippen molar-refractivity contribution < 1.29 is 4.74 Å². The van der Waals surface area contributed by atoms with E-state index in [1.54, 1.807) is 10.8 Å². The van der Waals surface area contributed by atoms with Gasteiger partial charge in [-0.25, -0.2) is 9.97 Å². The van der Waals surface area contributed by atoms with Crippen LogP contribution in [0.15, 0.2) is 47.5 Å². The Bertz CT molecular complexity index is 1580. The first-order chi connectivity index (χ1) is 20.1. The van der Waals surface area contributed by atoms with E-state index >= 15 is 0 Å². The molecule has 10 heteroatoms. The quantitative estimate of drug-likeness (QED) is 0.326. The molecule has 0 amide bonds. The Morgan fingerprint density at radius 1 is 1.02 bits per heavy atom. The van der Waals surface area contributed by atoms with Gasteiger partial charge in [0.05, 0.1) is 29.9 Å². The van der Waals surface area contributed by atoms with E-state index in [4.69, 9.17) is 14.7 Å². The van der Waals surface area contributed by atoms with E-state index < -0.39 is 0 Å². The normalized spacial score (nSPS) is 21.9. The molecular formula is C31H38N8O2. The van der Waals surface area contributed by atoms with Gasteiger partial charge in [-0.15, -0.1) is 0 Å². The smallest absolute Gasteiger partial charge is 0.263 e. The fourth-order valence-electron chi connectivity index (χ4n) is 6.54. The van der Waals surface area contributed by atoms with E-state index in [-0.39, 0.29) is 17.6 Å². The van der Waals surface area contributed by atoms with Crippen LogP contribution >= 0.6 is 0 Å². The van der Waals surface area contributed by atoms with E-state index in [0.717, 1.165) is 49.2 Å². The molecule has 6 heterocycles. The molecule has 3 N–H and O–H groups in total. The second-order valence-electron chi connectivity index (χ2n) is 11.6. The zero-order valence-electron chi connectivity index (χ0n) is 23.6. The maximum absolute atomic E-state index is 14.1. The minimum absolute atomic E-state index is 0.0864. The molecule has 4 aromatic rings. The van der Waals surface area contributed by atoms with Gasteiger partial charge < -0.3 is 25.3 Å². The third-order valence-electron chi connectivity index (χ3n) is 8.82. The van der Waals surface area contributed by atoms with Gasteiger partial charge in [0.15, 0.2) is 0 Å². The molecule has 0 bridgehead atoms. The molecule has 3 aliphatic rings. The largest absolute Gasteiger partial charge is 0.379 e. The van der Waals surface area contributed by atoms with Crippen LogP contribution in [-0.2, 0) is 11.8 Å². The van der Waals surface area contributed by atoms with E-state index in [1.165, 1.54) is 31.2 Å². The number of benzene rings is 1. The number of anilines is 2. The number of aryl methyl sites for hydroxylation is 1. The van der Waals surface area contributed by atoms with Crippen LogP contribution in [-0.4, -0.2) is 56.9 Å². The Balaban J connectivity index is 1.23. The van der Waals surface area contributed by atoms with Gasteiger partial charge >= 0.3 is 0 Å². The number of piperidine rings is 2. The predicted molar refractivity (Wildman–Crippen MR) is 160 cm³/mol. The molecule has 3 aromatic heterocycles. The molecule has 3 aliphatic heterocycles. The van der Waals surface area contributed by atoms with Crippen molar-refractivity contribution in [2.24, 2.45) is 7.05 Å². The summed E-state index contributed by atoms with van der Waals surface area (Å²) in [5, 5.41) is 11.2. The minimum atomic E-state index is -0.0965. The first kappa shape index (κ1) is 26.3. The Morgan fingerprint density at radius 2 is 1.88 bits per heavy atom. The summed E-state index contributed by atoms with van der Waals surface area (Å²) in [6.07, 6.45) is 10.4. The summed E-state index contributed by atoms with van der Waals surface area (Å²) in [4.78, 5) is 28.6. The van der Waals surface area contributed by atoms with Gasteiger partial charge in [-0.05, 0) is 81.4 Å². The molecule has 10 nitrogen and oxygen atoms in total. The van der Waals surface area contributed by atoms with E-state index in [1.807, 2.05) is 23.9 Å². The third kappa shape index (κ3) is 5.27. The van der Waals surface area contributed by atoms with Crippen LogP contribution in [0.4, 0.5) is 11.6 Å². The Morgan fingerprint density at radius 3 is 2.63 bits per heavy atom. The van der Waals surface area contributed by atoms with Gasteiger partial charge in [-0.2, -0.15) is 4.98 Å². The van der Waals surface area contributed by atoms with Crippen molar-refractivity contribution in [3.63, 3.8) is 0 Å². The van der Waals surface area contributed by atoms with Crippen molar-refractivity contribution in [2.75, 3.05) is 38.2 Å². The molecule has 2 atom stereocenters. The lowest BCUT2D eigenvalue weighted by atomic mass is 9.90. The van der Waals surface area contributed by atoms with Gasteiger partial charge in [0.1, 0.15) is 11.5 Å². The molecule has 3 fully saturated rings. The van der Waals surface area contributed by atoms with Crippen LogP contribution in [0.3, 0.4) is 0 Å². The van der Waals surface area contributed by atoms with Crippen LogP contribution < -0.4 is 21.5 Å². The number of ether oxygens (including phenoxy) is 1. The maximum atomic E-state index is 14.1. The van der Waals surface area contributed by atoms with Crippen molar-refractivity contribution in [3.8, 4) is 11.4 Å². The lowest BCUT2D eigenvalue weighted by Gasteiger charge is -2.23. The summed E-state index contributed by atoms with van der Waals surface area (Å²) in [6.45, 7) is 4.26. The highest BCUT2D eigenvalue weighted by Gasteiger charge is 2.26. The zero-order valence-corrected chi connectivity index (χ0v) is 23.6. The number of rotatable bonds is 6. The number of fused-ring (bicyclic) bond motifs is 1. The van der Waals surface area contributed by atoms with Crippen LogP contribution in [0.1, 0.15) is 67.8 Å². The number of pyridine rings is 1. The van der Waals surface area contributed by atoms with E-state index in [2.05, 4.69) is 45.2 Å². The third-order valence-corrected chi connectivity index (χ3v) is 8.82. The second-order valence-corrected chi connectivity index (χ2v) is 11.6. The first-order valence-electron chi connectivity index (χ1n) is 15.0. The van der Waals surface area contributed by atoms with Crippen molar-refractivity contribution in [1.82, 2.24) is 34.7 Å². The standard InChI is InChI=1S/C31H38N8O2/c1-38-18-27(26-4-2-3-12-33-26)36-29(38)25-16-22-17-34-31(37-28(22)39(30(25)40)24-11-15-41-19-24)35-23-7-5-20(6-8-23)21-9-13-32-14-10-21/h5-8,16-18,21,24,26,32-33H,2-4,9-15,19H2,1H3,(H,34,35,37). The molecule has 3 saturated heterocycles. The molecule has 0 radical (unpaired) electrons. The fourth-order valence-corrected chi connectivity index (χ4v) is 6.54. The summed E-state index contributed by atoms with van der Waals surface area (Å²) in [5.41, 5.74) is 4.36. The van der Waals surface area contributed by atoms with Crippen LogP contribution in [0.5, 0.6) is 0 Å². The maximum Gasteiger partial charge on any atom is 0.263 e. The van der Waals surface area contributed by atoms with Gasteiger partial charge in [-0.1, -0.05) is 18.6 Å². The Hall–Kier alpha value is -3.60. The van der Waals surface area contributed by atoms with Crippen molar-refractivity contribution in [2.45, 2.75) is 56.5 Å². The molecule has 0 saturated carbocycles. The first-order valence-corrected chi connectivity index (χ1v) is 15.0. The molecule has 1 aromatic carbocycles. The molecular weight excluding hydrogens is 516 g/mol. The van der Waals surface area contributed by atoms with E-state index in [9.17, 15) is 4.79 Å². The van der Waals surface area contributed by atoms with Gasteiger partial charge in [0.2, 0.25) is 5.95 Å². The summed E-state index contributed by atoms with van der Waals surface area (Å²) in [5.74, 6) is 1.74. The lowest BCUT2D eigenvalue weighted by molar-refractivity contribution is 0.186. The van der Waals surface area contributed by atoms with Crippen molar-refractivity contribution in [1.29, 1.82) is 0 Å². The molecule has 2 unspecified atom stereocenters. The number of nitrogens with zero attached hydrogens (tertiary/aromatic N) is 5. The molecule has 0 spiro atoms. The molecule has 214 valence electrons. The predicted octanol–water partition coefficient (Wildman–Crippen LogP) is 4.18. The topological polar surface area (TPSA) is 111 Å². The van der Waals surface area contributed by atoms with Gasteiger partial charge in [0, 0.05) is 37.1 Å². The van der Waals surface area contributed by atoms with Crippen LogP contribution in [0, 0.1) is 0 Å². The minimum Gasteiger partial charge on any atom is -0.379 e. The zero-order chi connectivity index (χ0) is 27.8. The summed E-state index contributed by atoms with van der Waals surface area (Å²) >= 11 is 0. The fraction of sp³-hybridized carbons (Fsp3) is 0.484. The lowest BCUT2D eigenvalue weighted by Crippen LogP contribution is -2.28. The highest BCUT2D eigenvalue weighted by Crippen LogP contribution is 2.30. The van der Waals surface area contributed by atoms with Gasteiger partial charge in [0.25, 0.3) is 5.56 Å². The average molecular weight is 555 g/mol. The van der Waals surface area contributed by atoms with Crippen molar-refractivity contribution in [3.05, 3.63) is 64.3 Å². The molecule has 7 rings (SSSR count). The van der Waals surface area contributed by atoms with Crippen LogP contribution in [0.2, 0.25) is 0 Å². The molecule has 41 heavy (non-hydrogen) atoms. The number of nitrogens with one attached hydrogen (secondary N) is 3. The Labute approximate surface area is 239 Å². The van der Waals surface area contributed by atoms with Crippen LogP contribution in [0.25, 0.3) is 22.4 Å². The van der Waals surface area contributed by atoms with Gasteiger partial charge in [-0.3, -0.25) is 9.36 Å². The second kappa shape index (κ2) is 11.3. The number of hydrogen-bond donors (Lipinski definition) is 3. The molecule has 0 aliphatic carbocycles. The summed E-state index contributed by atoms with van der Waals surface area (Å²) in [6, 6.07) is 10.6. The average Bonchev–Trinajstić information content (AvgIpc) is 3.68. The summed E-state index contributed by atoms with van der Waals surface area (Å²) < 4.78 is 9.47. The Kier molecular flexibility index (Phi) is 7.28. The highest BCUT2D eigenvalue weighted by molar-refractivity contribution is 5.81. The summed E-state index contributed by atoms with van der Waals surface area (Å²) in [7, 11) is 1.96.